The summed E-state index contributed by atoms with van der Waals surface area (Å²) in [5, 5.41) is 15.8. The molecule has 0 fully saturated rings. The maximum absolute atomic E-state index is 13.4. The van der Waals surface area contributed by atoms with Crippen LogP contribution in [0.25, 0.3) is 6.08 Å². The number of hydrogen-bond donors (Lipinski definition) is 1. The van der Waals surface area contributed by atoms with Gasteiger partial charge in [-0.15, -0.1) is 0 Å². The maximum atomic E-state index is 13.4. The van der Waals surface area contributed by atoms with Crippen molar-refractivity contribution in [1.82, 2.24) is 10.3 Å². The summed E-state index contributed by atoms with van der Waals surface area (Å²) in [7, 11) is 0. The number of aromatic nitrogens is 2. The van der Waals surface area contributed by atoms with Gasteiger partial charge in [0.1, 0.15) is 29.6 Å². The first kappa shape index (κ1) is 13.7. The van der Waals surface area contributed by atoms with Crippen molar-refractivity contribution >= 4 is 12.0 Å². The van der Waals surface area contributed by atoms with E-state index >= 15 is 0 Å². The molecule has 1 heterocycles. The number of carboxylic acid groups (broad SMARTS) is 1. The van der Waals surface area contributed by atoms with E-state index in [4.69, 9.17) is 9.84 Å². The fourth-order valence-corrected chi connectivity index (χ4v) is 1.46. The highest BCUT2D eigenvalue weighted by atomic mass is 19.1. The second kappa shape index (κ2) is 5.96. The van der Waals surface area contributed by atoms with E-state index in [1.807, 2.05) is 0 Å². The van der Waals surface area contributed by atoms with Crippen LogP contribution in [0.5, 0.6) is 5.75 Å². The lowest BCUT2D eigenvalue weighted by Gasteiger charge is -2.05. The Morgan fingerprint density at radius 2 is 2.25 bits per heavy atom. The standard InChI is InChI=1S/C13H11FN2O4/c1-8-12(16-20-15-8)7-19-11-5-9(2-3-13(17)18)4-10(14)6-11/h2-6H,7H2,1H3,(H,17,18)/b3-2+. The molecule has 0 aliphatic heterocycles. The molecule has 0 aliphatic rings. The lowest BCUT2D eigenvalue weighted by molar-refractivity contribution is -0.131. The highest BCUT2D eigenvalue weighted by molar-refractivity contribution is 5.85. The van der Waals surface area contributed by atoms with Crippen LogP contribution in [-0.4, -0.2) is 21.4 Å². The number of nitrogens with zero attached hydrogens (tertiary/aromatic N) is 2. The fraction of sp³-hybridized carbons (Fsp3) is 0.154. The number of hydrogen-bond acceptors (Lipinski definition) is 5. The third-order valence-electron chi connectivity index (χ3n) is 2.43. The van der Waals surface area contributed by atoms with Crippen molar-refractivity contribution in [2.75, 3.05) is 0 Å². The molecular formula is C13H11FN2O4. The quantitative estimate of drug-likeness (QED) is 0.844. The van der Waals surface area contributed by atoms with Gasteiger partial charge in [0.25, 0.3) is 0 Å². The van der Waals surface area contributed by atoms with Gasteiger partial charge in [-0.05, 0) is 30.7 Å². The van der Waals surface area contributed by atoms with Gasteiger partial charge in [-0.2, -0.15) is 0 Å². The van der Waals surface area contributed by atoms with Crippen LogP contribution in [-0.2, 0) is 11.4 Å². The molecule has 0 amide bonds. The molecule has 0 aliphatic carbocycles. The monoisotopic (exact) mass is 278 g/mol. The van der Waals surface area contributed by atoms with E-state index < -0.39 is 11.8 Å². The van der Waals surface area contributed by atoms with Crippen molar-refractivity contribution in [1.29, 1.82) is 0 Å². The molecule has 20 heavy (non-hydrogen) atoms. The molecule has 0 saturated carbocycles. The number of carbonyl (C=O) groups is 1. The average molecular weight is 278 g/mol. The maximum Gasteiger partial charge on any atom is 0.328 e. The van der Waals surface area contributed by atoms with Gasteiger partial charge >= 0.3 is 5.97 Å². The predicted molar refractivity (Wildman–Crippen MR) is 66.4 cm³/mol. The lowest BCUT2D eigenvalue weighted by atomic mass is 10.2. The second-order valence-electron chi connectivity index (χ2n) is 3.98. The Labute approximate surface area is 113 Å². The Morgan fingerprint density at radius 3 is 2.90 bits per heavy atom. The van der Waals surface area contributed by atoms with Crippen LogP contribution in [0.3, 0.4) is 0 Å². The topological polar surface area (TPSA) is 85.5 Å². The molecule has 0 saturated heterocycles. The number of benzene rings is 1. The number of halogens is 1. The van der Waals surface area contributed by atoms with Gasteiger partial charge in [-0.25, -0.2) is 13.8 Å². The summed E-state index contributed by atoms with van der Waals surface area (Å²) in [5.74, 6) is -1.37. The molecule has 2 aromatic rings. The third-order valence-corrected chi connectivity index (χ3v) is 2.43. The van der Waals surface area contributed by atoms with Crippen molar-refractivity contribution < 1.29 is 23.7 Å². The van der Waals surface area contributed by atoms with Gasteiger partial charge in [0.15, 0.2) is 0 Å². The SMILES string of the molecule is Cc1nonc1COc1cc(F)cc(/C=C/C(=O)O)c1. The van der Waals surface area contributed by atoms with Crippen molar-refractivity contribution in [2.24, 2.45) is 0 Å². The molecule has 6 nitrogen and oxygen atoms in total. The molecule has 104 valence electrons. The third kappa shape index (κ3) is 3.64. The van der Waals surface area contributed by atoms with Crippen molar-refractivity contribution in [3.8, 4) is 5.75 Å². The average Bonchev–Trinajstić information content (AvgIpc) is 2.79. The van der Waals surface area contributed by atoms with Crippen LogP contribution in [0.15, 0.2) is 28.9 Å². The summed E-state index contributed by atoms with van der Waals surface area (Å²) in [5.41, 5.74) is 1.49. The molecule has 1 aromatic carbocycles. The lowest BCUT2D eigenvalue weighted by Crippen LogP contribution is -1.98. The molecule has 0 radical (unpaired) electrons. The smallest absolute Gasteiger partial charge is 0.328 e. The summed E-state index contributed by atoms with van der Waals surface area (Å²) in [6, 6.07) is 3.92. The first-order chi connectivity index (χ1) is 9.54. The van der Waals surface area contributed by atoms with Crippen LogP contribution in [0.2, 0.25) is 0 Å². The molecule has 2 rings (SSSR count). The molecule has 0 atom stereocenters. The van der Waals surface area contributed by atoms with Crippen molar-refractivity contribution in [3.05, 3.63) is 47.0 Å². The summed E-state index contributed by atoms with van der Waals surface area (Å²) < 4.78 is 23.3. The van der Waals surface area contributed by atoms with Gasteiger partial charge in [0.2, 0.25) is 0 Å². The minimum absolute atomic E-state index is 0.0842. The van der Waals surface area contributed by atoms with E-state index in [0.29, 0.717) is 17.0 Å². The van der Waals surface area contributed by atoms with Crippen LogP contribution in [0.4, 0.5) is 4.39 Å². The van der Waals surface area contributed by atoms with Gasteiger partial charge in [-0.3, -0.25) is 0 Å². The Morgan fingerprint density at radius 1 is 1.45 bits per heavy atom. The number of ether oxygens (including phenoxy) is 1. The van der Waals surface area contributed by atoms with E-state index in [1.54, 1.807) is 6.92 Å². The van der Waals surface area contributed by atoms with Crippen molar-refractivity contribution in [2.45, 2.75) is 13.5 Å². The molecule has 7 heteroatoms. The second-order valence-corrected chi connectivity index (χ2v) is 3.98. The molecular weight excluding hydrogens is 267 g/mol. The molecule has 1 N–H and O–H groups in total. The van der Waals surface area contributed by atoms with E-state index in [0.717, 1.165) is 6.08 Å². The zero-order chi connectivity index (χ0) is 14.5. The Hall–Kier alpha value is -2.70. The number of carboxylic acids is 1. The Balaban J connectivity index is 2.12. The van der Waals surface area contributed by atoms with E-state index in [1.165, 1.54) is 24.3 Å². The number of aliphatic carboxylic acids is 1. The Kier molecular flexibility index (Phi) is 4.09. The zero-order valence-corrected chi connectivity index (χ0v) is 10.5. The van der Waals surface area contributed by atoms with Gasteiger partial charge in [-0.1, -0.05) is 10.3 Å². The Bertz CT molecular complexity index is 652. The molecule has 0 bridgehead atoms. The highest BCUT2D eigenvalue weighted by Gasteiger charge is 2.07. The van der Waals surface area contributed by atoms with Gasteiger partial charge in [0, 0.05) is 12.1 Å². The normalized spacial score (nSPS) is 10.9. The molecule has 0 unspecified atom stereocenters. The van der Waals surface area contributed by atoms with E-state index in [-0.39, 0.29) is 12.4 Å². The number of rotatable bonds is 5. The first-order valence-electron chi connectivity index (χ1n) is 5.67. The van der Waals surface area contributed by atoms with Crippen LogP contribution >= 0.6 is 0 Å². The van der Waals surface area contributed by atoms with E-state index in [9.17, 15) is 9.18 Å². The minimum atomic E-state index is -1.11. The van der Waals surface area contributed by atoms with Gasteiger partial charge < -0.3 is 9.84 Å². The zero-order valence-electron chi connectivity index (χ0n) is 10.5. The van der Waals surface area contributed by atoms with Crippen LogP contribution < -0.4 is 4.74 Å². The minimum Gasteiger partial charge on any atom is -0.487 e. The van der Waals surface area contributed by atoms with Crippen LogP contribution in [0.1, 0.15) is 17.0 Å². The van der Waals surface area contributed by atoms with E-state index in [2.05, 4.69) is 14.9 Å². The fourth-order valence-electron chi connectivity index (χ4n) is 1.46. The van der Waals surface area contributed by atoms with Gasteiger partial charge in [0.05, 0.1) is 0 Å². The summed E-state index contributed by atoms with van der Waals surface area (Å²) in [6.45, 7) is 1.79. The first-order valence-corrected chi connectivity index (χ1v) is 5.67. The summed E-state index contributed by atoms with van der Waals surface area (Å²) in [4.78, 5) is 10.4. The molecule has 1 aromatic heterocycles. The molecule has 0 spiro atoms. The predicted octanol–water partition coefficient (Wildman–Crippen LogP) is 2.19. The summed E-state index contributed by atoms with van der Waals surface area (Å²) in [6.07, 6.45) is 2.20. The highest BCUT2D eigenvalue weighted by Crippen LogP contribution is 2.19. The van der Waals surface area contributed by atoms with Crippen LogP contribution in [0, 0.1) is 12.7 Å². The number of aryl methyl sites for hydroxylation is 1. The summed E-state index contributed by atoms with van der Waals surface area (Å²) >= 11 is 0. The van der Waals surface area contributed by atoms with Crippen molar-refractivity contribution in [3.63, 3.8) is 0 Å². The largest absolute Gasteiger partial charge is 0.487 e.